The van der Waals surface area contributed by atoms with Gasteiger partial charge in [-0.2, -0.15) is 0 Å². The molecular weight excluding hydrogens is 200 g/mol. The average Bonchev–Trinajstić information content (AvgIpc) is 2.13. The van der Waals surface area contributed by atoms with Crippen molar-refractivity contribution in [1.29, 1.82) is 0 Å². The molecule has 0 radical (unpaired) electrons. The predicted octanol–water partition coefficient (Wildman–Crippen LogP) is 2.06. The molecule has 1 fully saturated rings. The monoisotopic (exact) mass is 226 g/mol. The Bertz CT molecular complexity index is 234. The molecule has 1 saturated carbocycles. The van der Waals surface area contributed by atoms with Crippen molar-refractivity contribution in [2.75, 3.05) is 6.54 Å². The van der Waals surface area contributed by atoms with Crippen LogP contribution < -0.4 is 11.1 Å². The molecule has 3 N–H and O–H groups in total. The summed E-state index contributed by atoms with van der Waals surface area (Å²) >= 11 is 0. The van der Waals surface area contributed by atoms with E-state index in [2.05, 4.69) is 26.1 Å². The van der Waals surface area contributed by atoms with Gasteiger partial charge in [-0.05, 0) is 51.0 Å². The van der Waals surface area contributed by atoms with Gasteiger partial charge < -0.3 is 11.1 Å². The van der Waals surface area contributed by atoms with Gasteiger partial charge in [0.15, 0.2) is 0 Å². The SMILES string of the molecule is CC(C)C[C@H](CN)CC(=O)NC1(C)CCC1. The van der Waals surface area contributed by atoms with Crippen molar-refractivity contribution in [3.05, 3.63) is 0 Å². The second-order valence-corrected chi connectivity index (χ2v) is 5.90. The lowest BCUT2D eigenvalue weighted by Crippen LogP contribution is -2.51. The van der Waals surface area contributed by atoms with Gasteiger partial charge in [0.2, 0.25) is 5.91 Å². The molecule has 3 nitrogen and oxygen atoms in total. The molecule has 0 saturated heterocycles. The highest BCUT2D eigenvalue weighted by atomic mass is 16.1. The molecule has 1 aliphatic rings. The quantitative estimate of drug-likeness (QED) is 0.728. The smallest absolute Gasteiger partial charge is 0.220 e. The van der Waals surface area contributed by atoms with Gasteiger partial charge in [-0.1, -0.05) is 13.8 Å². The normalized spacial score (nSPS) is 20.3. The lowest BCUT2D eigenvalue weighted by Gasteiger charge is -2.39. The molecule has 0 aromatic heterocycles. The fourth-order valence-corrected chi connectivity index (χ4v) is 2.41. The Morgan fingerprint density at radius 3 is 2.44 bits per heavy atom. The van der Waals surface area contributed by atoms with Gasteiger partial charge >= 0.3 is 0 Å². The summed E-state index contributed by atoms with van der Waals surface area (Å²) in [5, 5.41) is 3.14. The number of hydrogen-bond donors (Lipinski definition) is 2. The zero-order valence-electron chi connectivity index (χ0n) is 10.9. The highest BCUT2D eigenvalue weighted by molar-refractivity contribution is 5.77. The minimum atomic E-state index is 0.0774. The summed E-state index contributed by atoms with van der Waals surface area (Å²) in [4.78, 5) is 11.8. The Morgan fingerprint density at radius 2 is 2.06 bits per heavy atom. The Hall–Kier alpha value is -0.570. The van der Waals surface area contributed by atoms with Crippen LogP contribution in [0.5, 0.6) is 0 Å². The van der Waals surface area contributed by atoms with E-state index in [1.165, 1.54) is 6.42 Å². The van der Waals surface area contributed by atoms with E-state index in [4.69, 9.17) is 5.73 Å². The van der Waals surface area contributed by atoms with Crippen LogP contribution in [0.2, 0.25) is 0 Å². The van der Waals surface area contributed by atoms with Crippen molar-refractivity contribution in [2.24, 2.45) is 17.6 Å². The third-order valence-corrected chi connectivity index (χ3v) is 3.51. The van der Waals surface area contributed by atoms with Crippen molar-refractivity contribution in [3.8, 4) is 0 Å². The maximum atomic E-state index is 11.8. The van der Waals surface area contributed by atoms with E-state index >= 15 is 0 Å². The summed E-state index contributed by atoms with van der Waals surface area (Å²) in [5.41, 5.74) is 5.78. The van der Waals surface area contributed by atoms with Gasteiger partial charge in [-0.3, -0.25) is 4.79 Å². The van der Waals surface area contributed by atoms with Crippen LogP contribution in [0.4, 0.5) is 0 Å². The minimum absolute atomic E-state index is 0.0774. The first-order chi connectivity index (χ1) is 7.45. The molecule has 1 atom stereocenters. The second-order valence-electron chi connectivity index (χ2n) is 5.90. The van der Waals surface area contributed by atoms with E-state index < -0.39 is 0 Å². The lowest BCUT2D eigenvalue weighted by molar-refractivity contribution is -0.124. The minimum Gasteiger partial charge on any atom is -0.351 e. The zero-order chi connectivity index (χ0) is 12.2. The van der Waals surface area contributed by atoms with Crippen LogP contribution >= 0.6 is 0 Å². The number of nitrogens with two attached hydrogens (primary N) is 1. The van der Waals surface area contributed by atoms with Crippen molar-refractivity contribution >= 4 is 5.91 Å². The van der Waals surface area contributed by atoms with Gasteiger partial charge in [-0.15, -0.1) is 0 Å². The Kier molecular flexibility index (Phi) is 4.78. The van der Waals surface area contributed by atoms with Crippen LogP contribution in [0.1, 0.15) is 52.9 Å². The van der Waals surface area contributed by atoms with Crippen LogP contribution in [-0.2, 0) is 4.79 Å². The fourth-order valence-electron chi connectivity index (χ4n) is 2.41. The molecule has 1 amide bonds. The maximum Gasteiger partial charge on any atom is 0.220 e. The topological polar surface area (TPSA) is 55.1 Å². The molecule has 3 heteroatoms. The van der Waals surface area contributed by atoms with Crippen molar-refractivity contribution in [2.45, 2.75) is 58.4 Å². The van der Waals surface area contributed by atoms with Crippen LogP contribution in [0.3, 0.4) is 0 Å². The number of amides is 1. The summed E-state index contributed by atoms with van der Waals surface area (Å²) < 4.78 is 0. The molecule has 0 spiro atoms. The molecule has 1 aliphatic carbocycles. The Morgan fingerprint density at radius 1 is 1.44 bits per heavy atom. The van der Waals surface area contributed by atoms with E-state index in [1.54, 1.807) is 0 Å². The Balaban J connectivity index is 2.31. The summed E-state index contributed by atoms with van der Waals surface area (Å²) in [6.45, 7) is 7.10. The summed E-state index contributed by atoms with van der Waals surface area (Å²) in [5.74, 6) is 1.13. The number of carbonyl (C=O) groups is 1. The van der Waals surface area contributed by atoms with Crippen LogP contribution in [0, 0.1) is 11.8 Å². The molecule has 94 valence electrons. The molecule has 0 unspecified atom stereocenters. The maximum absolute atomic E-state index is 11.8. The van der Waals surface area contributed by atoms with Crippen LogP contribution in [-0.4, -0.2) is 18.0 Å². The first kappa shape index (κ1) is 13.5. The number of rotatable bonds is 6. The van der Waals surface area contributed by atoms with Crippen LogP contribution in [0.25, 0.3) is 0 Å². The van der Waals surface area contributed by atoms with E-state index in [0.29, 0.717) is 24.8 Å². The predicted molar refractivity (Wildman–Crippen MR) is 67.0 cm³/mol. The molecule has 0 aliphatic heterocycles. The van der Waals surface area contributed by atoms with Crippen LogP contribution in [0.15, 0.2) is 0 Å². The number of carbonyl (C=O) groups excluding carboxylic acids is 1. The summed E-state index contributed by atoms with van der Waals surface area (Å²) in [6.07, 6.45) is 5.11. The van der Waals surface area contributed by atoms with E-state index in [-0.39, 0.29) is 11.4 Å². The lowest BCUT2D eigenvalue weighted by atomic mass is 9.78. The molecule has 16 heavy (non-hydrogen) atoms. The third-order valence-electron chi connectivity index (χ3n) is 3.51. The molecule has 0 aromatic carbocycles. The standard InChI is InChI=1S/C13H26N2O/c1-10(2)7-11(9-14)8-12(16)15-13(3)5-4-6-13/h10-11H,4-9,14H2,1-3H3,(H,15,16)/t11-/m0/s1. The number of nitrogens with one attached hydrogen (secondary N) is 1. The molecule has 0 bridgehead atoms. The van der Waals surface area contributed by atoms with E-state index in [1.807, 2.05) is 0 Å². The second kappa shape index (κ2) is 5.67. The van der Waals surface area contributed by atoms with Gasteiger partial charge in [-0.25, -0.2) is 0 Å². The largest absolute Gasteiger partial charge is 0.351 e. The van der Waals surface area contributed by atoms with Gasteiger partial charge in [0.05, 0.1) is 0 Å². The van der Waals surface area contributed by atoms with Crippen molar-refractivity contribution in [3.63, 3.8) is 0 Å². The first-order valence-electron chi connectivity index (χ1n) is 6.46. The zero-order valence-corrected chi connectivity index (χ0v) is 10.9. The third kappa shape index (κ3) is 4.12. The molecule has 0 heterocycles. The van der Waals surface area contributed by atoms with E-state index in [9.17, 15) is 4.79 Å². The highest BCUT2D eigenvalue weighted by Gasteiger charge is 2.33. The van der Waals surface area contributed by atoms with Crippen molar-refractivity contribution in [1.82, 2.24) is 5.32 Å². The molecule has 1 rings (SSSR count). The van der Waals surface area contributed by atoms with Crippen molar-refractivity contribution < 1.29 is 4.79 Å². The van der Waals surface area contributed by atoms with Gasteiger partial charge in [0.1, 0.15) is 0 Å². The molecule has 0 aromatic rings. The van der Waals surface area contributed by atoms with Gasteiger partial charge in [0.25, 0.3) is 0 Å². The van der Waals surface area contributed by atoms with Gasteiger partial charge in [0, 0.05) is 12.0 Å². The van der Waals surface area contributed by atoms with E-state index in [0.717, 1.165) is 19.3 Å². The average molecular weight is 226 g/mol. The Labute approximate surface area is 99.2 Å². The first-order valence-corrected chi connectivity index (χ1v) is 6.46. The summed E-state index contributed by atoms with van der Waals surface area (Å²) in [6, 6.07) is 0. The highest BCUT2D eigenvalue weighted by Crippen LogP contribution is 2.31. The summed E-state index contributed by atoms with van der Waals surface area (Å²) in [7, 11) is 0. The number of hydrogen-bond acceptors (Lipinski definition) is 2. The molecular formula is C13H26N2O. The fraction of sp³-hybridized carbons (Fsp3) is 0.923.